The van der Waals surface area contributed by atoms with Gasteiger partial charge in [0.1, 0.15) is 22.1 Å². The quantitative estimate of drug-likeness (QED) is 0.548. The molecule has 7 heteroatoms. The van der Waals surface area contributed by atoms with E-state index in [0.717, 1.165) is 12.2 Å². The van der Waals surface area contributed by atoms with Crippen molar-refractivity contribution in [3.05, 3.63) is 40.6 Å². The molecule has 1 N–H and O–H groups in total. The van der Waals surface area contributed by atoms with Crippen LogP contribution in [-0.2, 0) is 4.79 Å². The van der Waals surface area contributed by atoms with E-state index in [1.807, 2.05) is 6.92 Å². The molecule has 0 unspecified atom stereocenters. The van der Waals surface area contributed by atoms with E-state index in [2.05, 4.69) is 17.5 Å². The second-order valence-electron chi connectivity index (χ2n) is 9.03. The number of benzene rings is 1. The molecule has 1 spiro atoms. The molecule has 5 atom stereocenters. The van der Waals surface area contributed by atoms with E-state index < -0.39 is 11.4 Å². The minimum absolute atomic E-state index is 0.154. The van der Waals surface area contributed by atoms with Gasteiger partial charge >= 0.3 is 0 Å². The molecule has 0 amide bonds. The SMILES string of the molecule is COc1cc(OC)c2c(c1Cl)O[C@@]1(C(=O)C=C(NC[C@H]3C[C@H]4C=C[C@H]3C4)C[C@H]1C)C2=O. The molecule has 1 aliphatic heterocycles. The summed E-state index contributed by atoms with van der Waals surface area (Å²) < 4.78 is 16.7. The lowest BCUT2D eigenvalue weighted by Crippen LogP contribution is -2.55. The van der Waals surface area contributed by atoms with Gasteiger partial charge in [-0.1, -0.05) is 30.7 Å². The van der Waals surface area contributed by atoms with Crippen LogP contribution in [0.3, 0.4) is 0 Å². The third-order valence-electron chi connectivity index (χ3n) is 7.32. The van der Waals surface area contributed by atoms with Crippen molar-refractivity contribution in [3.8, 4) is 17.2 Å². The van der Waals surface area contributed by atoms with Crippen LogP contribution >= 0.6 is 11.6 Å². The van der Waals surface area contributed by atoms with E-state index in [1.54, 1.807) is 6.07 Å². The number of nitrogens with one attached hydrogen (secondary N) is 1. The van der Waals surface area contributed by atoms with Gasteiger partial charge in [0.05, 0.1) is 14.2 Å². The third-order valence-corrected chi connectivity index (χ3v) is 7.68. The molecule has 1 saturated carbocycles. The van der Waals surface area contributed by atoms with Crippen LogP contribution in [0.5, 0.6) is 17.2 Å². The van der Waals surface area contributed by atoms with Crippen LogP contribution in [-0.4, -0.2) is 37.9 Å². The van der Waals surface area contributed by atoms with E-state index >= 15 is 0 Å². The van der Waals surface area contributed by atoms with Crippen LogP contribution < -0.4 is 19.5 Å². The first-order valence-electron chi connectivity index (χ1n) is 10.7. The molecule has 2 bridgehead atoms. The summed E-state index contributed by atoms with van der Waals surface area (Å²) >= 11 is 6.43. The summed E-state index contributed by atoms with van der Waals surface area (Å²) in [5.41, 5.74) is -0.559. The highest BCUT2D eigenvalue weighted by molar-refractivity contribution is 6.36. The van der Waals surface area contributed by atoms with Crippen molar-refractivity contribution in [2.45, 2.75) is 31.8 Å². The van der Waals surface area contributed by atoms with E-state index in [9.17, 15) is 9.59 Å². The van der Waals surface area contributed by atoms with Gasteiger partial charge in [0, 0.05) is 30.3 Å². The number of carbonyl (C=O) groups is 2. The van der Waals surface area contributed by atoms with E-state index in [0.29, 0.717) is 29.9 Å². The summed E-state index contributed by atoms with van der Waals surface area (Å²) in [6.45, 7) is 2.71. The number of allylic oxidation sites excluding steroid dienone is 3. The molecule has 31 heavy (non-hydrogen) atoms. The molecule has 164 valence electrons. The first kappa shape index (κ1) is 20.4. The van der Waals surface area contributed by atoms with Gasteiger partial charge in [-0.3, -0.25) is 9.59 Å². The van der Waals surface area contributed by atoms with Crippen LogP contribution in [0.1, 0.15) is 36.5 Å². The molecule has 5 rings (SSSR count). The number of fused-ring (bicyclic) bond motifs is 3. The molecular formula is C24H26ClNO5. The van der Waals surface area contributed by atoms with Crippen LogP contribution in [0.4, 0.5) is 0 Å². The van der Waals surface area contributed by atoms with Crippen molar-refractivity contribution in [1.29, 1.82) is 0 Å². The summed E-state index contributed by atoms with van der Waals surface area (Å²) in [7, 11) is 2.93. The number of ketones is 2. The Bertz CT molecular complexity index is 1030. The Morgan fingerprint density at radius 2 is 1.97 bits per heavy atom. The van der Waals surface area contributed by atoms with Crippen molar-refractivity contribution in [1.82, 2.24) is 5.32 Å². The molecule has 0 radical (unpaired) electrons. The Kier molecular flexibility index (Phi) is 4.81. The van der Waals surface area contributed by atoms with Gasteiger partial charge in [0.15, 0.2) is 5.75 Å². The molecule has 1 heterocycles. The number of ether oxygens (including phenoxy) is 3. The summed E-state index contributed by atoms with van der Waals surface area (Å²) in [5, 5.41) is 3.64. The highest BCUT2D eigenvalue weighted by Crippen LogP contribution is 2.53. The van der Waals surface area contributed by atoms with E-state index in [-0.39, 0.29) is 33.8 Å². The van der Waals surface area contributed by atoms with Crippen LogP contribution in [0, 0.1) is 23.7 Å². The Hall–Kier alpha value is -2.47. The molecule has 0 saturated heterocycles. The summed E-state index contributed by atoms with van der Waals surface area (Å²) in [6.07, 6.45) is 9.17. The van der Waals surface area contributed by atoms with Gasteiger partial charge in [-0.15, -0.1) is 0 Å². The Morgan fingerprint density at radius 1 is 1.19 bits per heavy atom. The van der Waals surface area contributed by atoms with Gasteiger partial charge in [-0.2, -0.15) is 0 Å². The normalized spacial score (nSPS) is 32.8. The smallest absolute Gasteiger partial charge is 0.236 e. The Balaban J connectivity index is 1.41. The Labute approximate surface area is 186 Å². The molecule has 0 aromatic heterocycles. The van der Waals surface area contributed by atoms with Crippen molar-refractivity contribution in [2.75, 3.05) is 20.8 Å². The predicted octanol–water partition coefficient (Wildman–Crippen LogP) is 3.97. The summed E-state index contributed by atoms with van der Waals surface area (Å²) in [5.74, 6) is 1.59. The minimum Gasteiger partial charge on any atom is -0.496 e. The lowest BCUT2D eigenvalue weighted by molar-refractivity contribution is -0.129. The molecule has 3 aliphatic carbocycles. The van der Waals surface area contributed by atoms with Gasteiger partial charge < -0.3 is 19.5 Å². The molecule has 1 aromatic carbocycles. The second-order valence-corrected chi connectivity index (χ2v) is 9.40. The van der Waals surface area contributed by atoms with Gasteiger partial charge in [0.2, 0.25) is 17.2 Å². The van der Waals surface area contributed by atoms with Crippen molar-refractivity contribution in [3.63, 3.8) is 0 Å². The fraction of sp³-hybridized carbons (Fsp3) is 0.500. The number of hydrogen-bond donors (Lipinski definition) is 1. The third kappa shape index (κ3) is 2.91. The number of hydrogen-bond acceptors (Lipinski definition) is 6. The lowest BCUT2D eigenvalue weighted by atomic mass is 9.74. The van der Waals surface area contributed by atoms with Crippen LogP contribution in [0.2, 0.25) is 5.02 Å². The van der Waals surface area contributed by atoms with Crippen molar-refractivity contribution < 1.29 is 23.8 Å². The zero-order chi connectivity index (χ0) is 21.9. The maximum Gasteiger partial charge on any atom is 0.236 e. The molecule has 4 aliphatic rings. The zero-order valence-corrected chi connectivity index (χ0v) is 18.6. The summed E-state index contributed by atoms with van der Waals surface area (Å²) in [4.78, 5) is 26.8. The maximum absolute atomic E-state index is 13.5. The first-order valence-corrected chi connectivity index (χ1v) is 11.1. The topological polar surface area (TPSA) is 73.9 Å². The fourth-order valence-electron chi connectivity index (χ4n) is 5.64. The summed E-state index contributed by atoms with van der Waals surface area (Å²) in [6, 6.07) is 1.55. The molecule has 6 nitrogen and oxygen atoms in total. The highest BCUT2D eigenvalue weighted by atomic mass is 35.5. The van der Waals surface area contributed by atoms with E-state index in [4.69, 9.17) is 25.8 Å². The zero-order valence-electron chi connectivity index (χ0n) is 17.9. The molecule has 1 fully saturated rings. The minimum atomic E-state index is -1.62. The van der Waals surface area contributed by atoms with Crippen LogP contribution in [0.15, 0.2) is 30.0 Å². The molecule has 1 aromatic rings. The maximum atomic E-state index is 13.5. The van der Waals surface area contributed by atoms with Crippen LogP contribution in [0.25, 0.3) is 0 Å². The standard InChI is InChI=1S/C24H26ClNO5/c1-12-6-16(26-11-15-8-13-4-5-14(15)7-13)9-19(27)24(12)23(28)20-17(29-2)10-18(30-3)21(25)22(20)31-24/h4-5,9-10,12-15,26H,6-8,11H2,1-3H3/t12-,13+,14+,15-,24+/m1/s1. The van der Waals surface area contributed by atoms with Gasteiger partial charge in [-0.25, -0.2) is 0 Å². The average Bonchev–Trinajstić information content (AvgIpc) is 3.46. The lowest BCUT2D eigenvalue weighted by Gasteiger charge is -2.35. The average molecular weight is 444 g/mol. The van der Waals surface area contributed by atoms with Crippen molar-refractivity contribution >= 4 is 23.2 Å². The number of rotatable bonds is 5. The van der Waals surface area contributed by atoms with Crippen molar-refractivity contribution in [2.24, 2.45) is 23.7 Å². The number of halogens is 1. The second kappa shape index (κ2) is 7.30. The highest BCUT2D eigenvalue weighted by Gasteiger charge is 2.60. The number of carbonyl (C=O) groups excluding carboxylic acids is 2. The number of Topliss-reactive ketones (excluding diaryl/α,β-unsaturated/α-hetero) is 1. The molecular weight excluding hydrogens is 418 g/mol. The monoisotopic (exact) mass is 443 g/mol. The van der Waals surface area contributed by atoms with Gasteiger partial charge in [0.25, 0.3) is 0 Å². The van der Waals surface area contributed by atoms with E-state index in [1.165, 1.54) is 33.1 Å². The van der Waals surface area contributed by atoms with Gasteiger partial charge in [-0.05, 0) is 37.0 Å². The number of methoxy groups -OCH3 is 2. The largest absolute Gasteiger partial charge is 0.496 e. The Morgan fingerprint density at radius 3 is 2.58 bits per heavy atom. The first-order chi connectivity index (χ1) is 14.9. The predicted molar refractivity (Wildman–Crippen MR) is 116 cm³/mol. The fourth-order valence-corrected chi connectivity index (χ4v) is 5.91.